The molecule has 0 saturated heterocycles. The highest BCUT2D eigenvalue weighted by molar-refractivity contribution is 7.08. The summed E-state index contributed by atoms with van der Waals surface area (Å²) in [6, 6.07) is 4.27. The molecule has 2 rings (SSSR count). The van der Waals surface area contributed by atoms with Crippen molar-refractivity contribution in [3.8, 4) is 11.1 Å². The Hall–Kier alpha value is -1.15. The Morgan fingerprint density at radius 3 is 2.60 bits per heavy atom. The first-order valence-electron chi connectivity index (χ1n) is 5.06. The average Bonchev–Trinajstić information content (AvgIpc) is 2.69. The van der Waals surface area contributed by atoms with Crippen molar-refractivity contribution in [1.29, 1.82) is 0 Å². The third-order valence-electron chi connectivity index (χ3n) is 2.46. The van der Waals surface area contributed by atoms with Crippen molar-refractivity contribution in [2.75, 3.05) is 0 Å². The van der Waals surface area contributed by atoms with Gasteiger partial charge in [-0.15, -0.1) is 0 Å². The summed E-state index contributed by atoms with van der Waals surface area (Å²) in [7, 11) is 0. The number of thiophene rings is 1. The van der Waals surface area contributed by atoms with Crippen molar-refractivity contribution in [2.24, 2.45) is 0 Å². The van der Waals surface area contributed by atoms with Crippen LogP contribution in [0.3, 0.4) is 0 Å². The molecule has 0 bridgehead atoms. The smallest absolute Gasteiger partial charge is 0.0349 e. The summed E-state index contributed by atoms with van der Waals surface area (Å²) >= 11 is 1.73. The molecule has 0 saturated carbocycles. The van der Waals surface area contributed by atoms with Gasteiger partial charge < -0.3 is 0 Å². The van der Waals surface area contributed by atoms with Gasteiger partial charge in [-0.1, -0.05) is 20.8 Å². The van der Waals surface area contributed by atoms with Gasteiger partial charge in [0.05, 0.1) is 0 Å². The fourth-order valence-corrected chi connectivity index (χ4v) is 2.35. The van der Waals surface area contributed by atoms with Crippen LogP contribution < -0.4 is 0 Å². The number of nitrogens with zero attached hydrogens (tertiary/aromatic N) is 1. The van der Waals surface area contributed by atoms with Gasteiger partial charge in [0.1, 0.15) is 0 Å². The van der Waals surface area contributed by atoms with Crippen molar-refractivity contribution < 1.29 is 0 Å². The molecule has 0 amide bonds. The van der Waals surface area contributed by atoms with E-state index in [1.807, 2.05) is 12.4 Å². The minimum atomic E-state index is 0.167. The van der Waals surface area contributed by atoms with Crippen LogP contribution in [0, 0.1) is 0 Å². The third kappa shape index (κ3) is 2.10. The molecule has 0 radical (unpaired) electrons. The largest absolute Gasteiger partial charge is 0.264 e. The van der Waals surface area contributed by atoms with Crippen molar-refractivity contribution in [1.82, 2.24) is 4.98 Å². The van der Waals surface area contributed by atoms with Gasteiger partial charge >= 0.3 is 0 Å². The van der Waals surface area contributed by atoms with E-state index in [1.54, 1.807) is 11.3 Å². The first-order chi connectivity index (χ1) is 7.09. The average molecular weight is 217 g/mol. The molecule has 0 aromatic carbocycles. The summed E-state index contributed by atoms with van der Waals surface area (Å²) in [6.07, 6.45) is 3.83. The molecule has 2 aromatic heterocycles. The Bertz CT molecular complexity index is 438. The Morgan fingerprint density at radius 1 is 1.20 bits per heavy atom. The summed E-state index contributed by atoms with van der Waals surface area (Å²) in [4.78, 5) is 4.22. The molecule has 78 valence electrons. The second-order valence-electron chi connectivity index (χ2n) is 4.68. The van der Waals surface area contributed by atoms with Gasteiger partial charge in [0, 0.05) is 18.0 Å². The second kappa shape index (κ2) is 3.78. The number of aromatic nitrogens is 1. The molecule has 0 unspecified atom stereocenters. The molecule has 0 atom stereocenters. The van der Waals surface area contributed by atoms with Gasteiger partial charge in [0.2, 0.25) is 0 Å². The Labute approximate surface area is 94.8 Å². The third-order valence-corrected chi connectivity index (χ3v) is 3.14. The van der Waals surface area contributed by atoms with Gasteiger partial charge in [0.15, 0.2) is 0 Å². The van der Waals surface area contributed by atoms with E-state index in [0.717, 1.165) is 0 Å². The lowest BCUT2D eigenvalue weighted by Crippen LogP contribution is -2.12. The predicted molar refractivity (Wildman–Crippen MR) is 66.3 cm³/mol. The molecule has 0 spiro atoms. The van der Waals surface area contributed by atoms with E-state index in [4.69, 9.17) is 0 Å². The molecule has 0 aliphatic heterocycles. The fraction of sp³-hybridized carbons (Fsp3) is 0.308. The van der Waals surface area contributed by atoms with Gasteiger partial charge in [-0.05, 0) is 39.4 Å². The Balaban J connectivity index is 2.58. The van der Waals surface area contributed by atoms with Crippen LogP contribution in [-0.2, 0) is 5.41 Å². The zero-order valence-electron chi connectivity index (χ0n) is 9.32. The first kappa shape index (κ1) is 10.4. The zero-order valence-corrected chi connectivity index (χ0v) is 10.1. The summed E-state index contributed by atoms with van der Waals surface area (Å²) in [5.74, 6) is 0. The minimum Gasteiger partial charge on any atom is -0.264 e. The highest BCUT2D eigenvalue weighted by atomic mass is 32.1. The highest BCUT2D eigenvalue weighted by Crippen LogP contribution is 2.32. The van der Waals surface area contributed by atoms with Crippen LogP contribution in [0.5, 0.6) is 0 Å². The molecule has 1 nitrogen and oxygen atoms in total. The van der Waals surface area contributed by atoms with Gasteiger partial charge in [-0.2, -0.15) is 11.3 Å². The number of hydrogen-bond donors (Lipinski definition) is 0. The van der Waals surface area contributed by atoms with E-state index < -0.39 is 0 Å². The maximum absolute atomic E-state index is 4.22. The van der Waals surface area contributed by atoms with E-state index >= 15 is 0 Å². The van der Waals surface area contributed by atoms with E-state index in [1.165, 1.54) is 16.7 Å². The predicted octanol–water partition coefficient (Wildman–Crippen LogP) is 4.11. The Kier molecular flexibility index (Phi) is 2.61. The molecule has 0 fully saturated rings. The number of rotatable bonds is 1. The Morgan fingerprint density at radius 2 is 2.00 bits per heavy atom. The van der Waals surface area contributed by atoms with E-state index in [9.17, 15) is 0 Å². The van der Waals surface area contributed by atoms with Gasteiger partial charge in [-0.3, -0.25) is 4.98 Å². The van der Waals surface area contributed by atoms with Crippen LogP contribution in [0.2, 0.25) is 0 Å². The molecule has 15 heavy (non-hydrogen) atoms. The van der Waals surface area contributed by atoms with Crippen LogP contribution in [0.1, 0.15) is 26.3 Å². The molecular formula is C13H15NS. The monoisotopic (exact) mass is 217 g/mol. The summed E-state index contributed by atoms with van der Waals surface area (Å²) in [5.41, 5.74) is 4.06. The molecule has 2 aromatic rings. The molecule has 0 N–H and O–H groups in total. The topological polar surface area (TPSA) is 12.9 Å². The maximum Gasteiger partial charge on any atom is 0.0349 e. The molecule has 2 heterocycles. The van der Waals surface area contributed by atoms with E-state index in [0.29, 0.717) is 0 Å². The minimum absolute atomic E-state index is 0.167. The maximum atomic E-state index is 4.22. The highest BCUT2D eigenvalue weighted by Gasteiger charge is 2.18. The first-order valence-corrected chi connectivity index (χ1v) is 6.00. The van der Waals surface area contributed by atoms with Crippen LogP contribution >= 0.6 is 11.3 Å². The van der Waals surface area contributed by atoms with Crippen molar-refractivity contribution in [3.05, 3.63) is 40.8 Å². The normalized spacial score (nSPS) is 11.7. The lowest BCUT2D eigenvalue weighted by Gasteiger charge is -2.22. The zero-order chi connectivity index (χ0) is 10.9. The lowest BCUT2D eigenvalue weighted by atomic mass is 9.83. The van der Waals surface area contributed by atoms with Crippen LogP contribution in [0.25, 0.3) is 11.1 Å². The number of hydrogen-bond acceptors (Lipinski definition) is 2. The fourth-order valence-electron chi connectivity index (χ4n) is 1.70. The standard InChI is InChI=1S/C13H15NS/c1-13(2,3)12-4-6-14-8-11(12)10-5-7-15-9-10/h4-9H,1-3H3. The van der Waals surface area contributed by atoms with Gasteiger partial charge in [0.25, 0.3) is 0 Å². The lowest BCUT2D eigenvalue weighted by molar-refractivity contribution is 0.591. The van der Waals surface area contributed by atoms with Crippen LogP contribution in [-0.4, -0.2) is 4.98 Å². The van der Waals surface area contributed by atoms with Gasteiger partial charge in [-0.25, -0.2) is 0 Å². The van der Waals surface area contributed by atoms with Crippen molar-refractivity contribution in [3.63, 3.8) is 0 Å². The van der Waals surface area contributed by atoms with Crippen LogP contribution in [0.15, 0.2) is 35.3 Å². The summed E-state index contributed by atoms with van der Waals surface area (Å²) in [6.45, 7) is 6.70. The van der Waals surface area contributed by atoms with Crippen LogP contribution in [0.4, 0.5) is 0 Å². The van der Waals surface area contributed by atoms with E-state index in [2.05, 4.69) is 48.6 Å². The molecule has 0 aliphatic carbocycles. The SMILES string of the molecule is CC(C)(C)c1ccncc1-c1ccsc1. The summed E-state index contributed by atoms with van der Waals surface area (Å²) < 4.78 is 0. The quantitative estimate of drug-likeness (QED) is 0.700. The van der Waals surface area contributed by atoms with Crippen molar-refractivity contribution >= 4 is 11.3 Å². The van der Waals surface area contributed by atoms with Crippen molar-refractivity contribution in [2.45, 2.75) is 26.2 Å². The molecule has 0 aliphatic rings. The van der Waals surface area contributed by atoms with E-state index in [-0.39, 0.29) is 5.41 Å². The second-order valence-corrected chi connectivity index (χ2v) is 5.46. The molecular weight excluding hydrogens is 202 g/mol. The number of pyridine rings is 1. The summed E-state index contributed by atoms with van der Waals surface area (Å²) in [5, 5.41) is 4.28. The molecule has 2 heteroatoms.